The number of ether oxygens (including phenoxy) is 1. The molecule has 7 nitrogen and oxygen atoms in total. The Kier molecular flexibility index (Phi) is 10.5. The van der Waals surface area contributed by atoms with Crippen LogP contribution in [0.4, 0.5) is 4.79 Å². The maximum absolute atomic E-state index is 14.3. The van der Waals surface area contributed by atoms with Crippen LogP contribution in [-0.4, -0.2) is 40.0 Å². The first kappa shape index (κ1) is 30.9. The predicted octanol–water partition coefficient (Wildman–Crippen LogP) is 5.92. The third kappa shape index (κ3) is 8.89. The summed E-state index contributed by atoms with van der Waals surface area (Å²) in [5.41, 5.74) is 1.26. The van der Waals surface area contributed by atoms with Gasteiger partial charge < -0.3 is 20.3 Å². The summed E-state index contributed by atoms with van der Waals surface area (Å²) in [5, 5.41) is 5.83. The van der Waals surface area contributed by atoms with Crippen LogP contribution >= 0.6 is 0 Å². The Hall–Kier alpha value is -3.35. The average molecular weight is 524 g/mol. The second kappa shape index (κ2) is 12.9. The monoisotopic (exact) mass is 523 g/mol. The number of amides is 3. The molecular formula is C31H45N3O4. The van der Waals surface area contributed by atoms with Gasteiger partial charge in [0.15, 0.2) is 0 Å². The van der Waals surface area contributed by atoms with Crippen LogP contribution < -0.4 is 10.6 Å². The molecule has 0 bridgehead atoms. The van der Waals surface area contributed by atoms with Crippen molar-refractivity contribution in [2.24, 2.45) is 5.92 Å². The number of benzene rings is 2. The zero-order chi connectivity index (χ0) is 28.7. The van der Waals surface area contributed by atoms with Crippen molar-refractivity contribution in [3.8, 4) is 0 Å². The highest BCUT2D eigenvalue weighted by atomic mass is 16.6. The third-order valence-electron chi connectivity index (χ3n) is 6.32. The van der Waals surface area contributed by atoms with Gasteiger partial charge in [-0.25, -0.2) is 4.79 Å². The molecule has 0 aliphatic rings. The van der Waals surface area contributed by atoms with E-state index in [2.05, 4.69) is 10.6 Å². The Morgan fingerprint density at radius 3 is 2.00 bits per heavy atom. The van der Waals surface area contributed by atoms with Crippen LogP contribution in [0.3, 0.4) is 0 Å². The van der Waals surface area contributed by atoms with E-state index in [0.29, 0.717) is 18.5 Å². The van der Waals surface area contributed by atoms with Gasteiger partial charge in [-0.15, -0.1) is 0 Å². The van der Waals surface area contributed by atoms with E-state index in [1.165, 1.54) is 0 Å². The molecule has 3 amide bonds. The van der Waals surface area contributed by atoms with Gasteiger partial charge in [0.2, 0.25) is 11.8 Å². The molecule has 2 aromatic carbocycles. The van der Waals surface area contributed by atoms with Crippen molar-refractivity contribution in [2.45, 2.75) is 98.5 Å². The Morgan fingerprint density at radius 1 is 0.921 bits per heavy atom. The van der Waals surface area contributed by atoms with Crippen LogP contribution in [0.2, 0.25) is 0 Å². The lowest BCUT2D eigenvalue weighted by molar-refractivity contribution is -0.149. The zero-order valence-corrected chi connectivity index (χ0v) is 24.4. The first-order valence-corrected chi connectivity index (χ1v) is 13.3. The second-order valence-corrected chi connectivity index (χ2v) is 11.9. The van der Waals surface area contributed by atoms with Gasteiger partial charge in [0, 0.05) is 12.1 Å². The molecule has 0 saturated heterocycles. The molecule has 0 aliphatic heterocycles. The van der Waals surface area contributed by atoms with Gasteiger partial charge in [-0.1, -0.05) is 80.4 Å². The SMILES string of the molecule is CCC(C)C(NC(=O)OC(C)(C)C)C(=O)N(C(C(=O)NCc1ccccc1)c1ccc(C)cc1)C(C)(C)C. The Bertz CT molecular complexity index is 1070. The van der Waals surface area contributed by atoms with Gasteiger partial charge in [0.05, 0.1) is 0 Å². The van der Waals surface area contributed by atoms with Crippen molar-refractivity contribution >= 4 is 17.9 Å². The number of nitrogens with one attached hydrogen (secondary N) is 2. The molecule has 0 heterocycles. The summed E-state index contributed by atoms with van der Waals surface area (Å²) in [4.78, 5) is 42.5. The number of hydrogen-bond donors (Lipinski definition) is 2. The normalized spacial score (nSPS) is 14.1. The summed E-state index contributed by atoms with van der Waals surface area (Å²) in [6.45, 7) is 17.2. The molecule has 0 aromatic heterocycles. The minimum atomic E-state index is -0.904. The van der Waals surface area contributed by atoms with Crippen LogP contribution in [0.15, 0.2) is 54.6 Å². The van der Waals surface area contributed by atoms with E-state index in [-0.39, 0.29) is 17.7 Å². The van der Waals surface area contributed by atoms with E-state index in [1.807, 2.05) is 96.1 Å². The number of carbonyl (C=O) groups excluding carboxylic acids is 3. The minimum absolute atomic E-state index is 0.189. The topological polar surface area (TPSA) is 87.7 Å². The van der Waals surface area contributed by atoms with Gasteiger partial charge in [-0.2, -0.15) is 0 Å². The molecule has 0 radical (unpaired) electrons. The largest absolute Gasteiger partial charge is 0.444 e. The number of nitrogens with zero attached hydrogens (tertiary/aromatic N) is 1. The van der Waals surface area contributed by atoms with Gasteiger partial charge >= 0.3 is 6.09 Å². The van der Waals surface area contributed by atoms with Crippen molar-refractivity contribution in [1.82, 2.24) is 15.5 Å². The van der Waals surface area contributed by atoms with Gasteiger partial charge in [-0.05, 0) is 65.5 Å². The fourth-order valence-electron chi connectivity index (χ4n) is 4.16. The zero-order valence-electron chi connectivity index (χ0n) is 24.4. The molecule has 0 aliphatic carbocycles. The standard InChI is InChI=1S/C31H45N3O4/c1-10-22(3)25(33-29(37)38-31(7,8)9)28(36)34(30(4,5)6)26(24-18-16-21(2)17-19-24)27(35)32-20-23-14-12-11-13-15-23/h11-19,22,25-26H,10,20H2,1-9H3,(H,32,35)(H,33,37). The van der Waals surface area contributed by atoms with Gasteiger partial charge in [-0.3, -0.25) is 9.59 Å². The molecule has 3 atom stereocenters. The highest BCUT2D eigenvalue weighted by Gasteiger charge is 2.43. The Labute approximate surface area is 228 Å². The molecule has 7 heteroatoms. The lowest BCUT2D eigenvalue weighted by atomic mass is 9.91. The van der Waals surface area contributed by atoms with E-state index in [1.54, 1.807) is 25.7 Å². The Balaban J connectivity index is 2.52. The summed E-state index contributed by atoms with van der Waals surface area (Å²) >= 11 is 0. The number of rotatable bonds is 9. The van der Waals surface area contributed by atoms with Crippen molar-refractivity contribution < 1.29 is 19.1 Å². The number of hydrogen-bond acceptors (Lipinski definition) is 4. The smallest absolute Gasteiger partial charge is 0.408 e. The number of aryl methyl sites for hydroxylation is 1. The van der Waals surface area contributed by atoms with Crippen molar-refractivity contribution in [1.29, 1.82) is 0 Å². The van der Waals surface area contributed by atoms with E-state index >= 15 is 0 Å². The molecule has 3 unspecified atom stereocenters. The Morgan fingerprint density at radius 2 is 1.50 bits per heavy atom. The van der Waals surface area contributed by atoms with Crippen LogP contribution in [0.5, 0.6) is 0 Å². The van der Waals surface area contributed by atoms with Crippen LogP contribution in [0.1, 0.15) is 84.5 Å². The molecule has 208 valence electrons. The first-order chi connectivity index (χ1) is 17.6. The van der Waals surface area contributed by atoms with Crippen molar-refractivity contribution in [3.05, 3.63) is 71.3 Å². The molecule has 2 aromatic rings. The third-order valence-corrected chi connectivity index (χ3v) is 6.32. The van der Waals surface area contributed by atoms with Crippen LogP contribution in [0.25, 0.3) is 0 Å². The minimum Gasteiger partial charge on any atom is -0.444 e. The average Bonchev–Trinajstić information content (AvgIpc) is 2.83. The second-order valence-electron chi connectivity index (χ2n) is 11.9. The molecule has 0 fully saturated rings. The molecular weight excluding hydrogens is 478 g/mol. The van der Waals surface area contributed by atoms with Crippen molar-refractivity contribution in [2.75, 3.05) is 0 Å². The van der Waals surface area contributed by atoms with E-state index < -0.39 is 29.3 Å². The molecule has 2 rings (SSSR count). The fraction of sp³-hybridized carbons (Fsp3) is 0.516. The molecule has 0 spiro atoms. The lowest BCUT2D eigenvalue weighted by Crippen LogP contribution is -2.60. The summed E-state index contributed by atoms with van der Waals surface area (Å²) in [7, 11) is 0. The molecule has 0 saturated carbocycles. The first-order valence-electron chi connectivity index (χ1n) is 13.3. The summed E-state index contributed by atoms with van der Waals surface area (Å²) < 4.78 is 5.47. The predicted molar refractivity (Wildman–Crippen MR) is 151 cm³/mol. The van der Waals surface area contributed by atoms with Gasteiger partial charge in [0.25, 0.3) is 0 Å². The highest BCUT2D eigenvalue weighted by molar-refractivity contribution is 5.92. The molecule has 2 N–H and O–H groups in total. The maximum Gasteiger partial charge on any atom is 0.408 e. The van der Waals surface area contributed by atoms with E-state index in [0.717, 1.165) is 11.1 Å². The van der Waals surface area contributed by atoms with E-state index in [9.17, 15) is 14.4 Å². The maximum atomic E-state index is 14.3. The van der Waals surface area contributed by atoms with E-state index in [4.69, 9.17) is 4.74 Å². The number of carbonyl (C=O) groups is 3. The quantitative estimate of drug-likeness (QED) is 0.427. The number of alkyl carbamates (subject to hydrolysis) is 1. The summed E-state index contributed by atoms with van der Waals surface area (Å²) in [5.74, 6) is -0.815. The summed E-state index contributed by atoms with van der Waals surface area (Å²) in [6, 6.07) is 15.5. The van der Waals surface area contributed by atoms with Gasteiger partial charge in [0.1, 0.15) is 17.7 Å². The molecule has 38 heavy (non-hydrogen) atoms. The van der Waals surface area contributed by atoms with Crippen LogP contribution in [0, 0.1) is 12.8 Å². The fourth-order valence-corrected chi connectivity index (χ4v) is 4.16. The van der Waals surface area contributed by atoms with Crippen molar-refractivity contribution in [3.63, 3.8) is 0 Å². The highest BCUT2D eigenvalue weighted by Crippen LogP contribution is 2.31. The lowest BCUT2D eigenvalue weighted by Gasteiger charge is -2.44. The summed E-state index contributed by atoms with van der Waals surface area (Å²) in [6.07, 6.45) is -0.00927. The van der Waals surface area contributed by atoms with Crippen LogP contribution in [-0.2, 0) is 20.9 Å².